The van der Waals surface area contributed by atoms with Gasteiger partial charge in [0.1, 0.15) is 23.3 Å². The average molecular weight is 453 g/mol. The summed E-state index contributed by atoms with van der Waals surface area (Å²) >= 11 is 11.8. The first-order chi connectivity index (χ1) is 14.9. The van der Waals surface area contributed by atoms with Gasteiger partial charge in [0, 0.05) is 23.1 Å². The fourth-order valence-corrected chi connectivity index (χ4v) is 2.90. The van der Waals surface area contributed by atoms with Crippen LogP contribution < -0.4 is 10.6 Å². The van der Waals surface area contributed by atoms with E-state index in [0.29, 0.717) is 27.6 Å². The number of halogens is 2. The number of hydrogen-bond acceptors (Lipinski definition) is 4. The van der Waals surface area contributed by atoms with E-state index >= 15 is 0 Å². The van der Waals surface area contributed by atoms with Crippen LogP contribution in [0.1, 0.15) is 17.5 Å². The summed E-state index contributed by atoms with van der Waals surface area (Å²) in [6, 6.07) is 17.3. The van der Waals surface area contributed by atoms with Gasteiger partial charge in [-0.05, 0) is 54.0 Å². The third-order valence-corrected chi connectivity index (χ3v) is 4.44. The molecule has 0 aliphatic rings. The molecule has 0 heterocycles. The first-order valence-corrected chi connectivity index (χ1v) is 9.99. The third-order valence-electron chi connectivity index (χ3n) is 3.97. The van der Waals surface area contributed by atoms with Crippen molar-refractivity contribution in [2.45, 2.75) is 6.42 Å². The van der Waals surface area contributed by atoms with Crippen LogP contribution in [-0.4, -0.2) is 24.9 Å². The minimum atomic E-state index is -0.521. The van der Waals surface area contributed by atoms with Crippen LogP contribution in [0, 0.1) is 22.7 Å². The van der Waals surface area contributed by atoms with Gasteiger partial charge in [-0.2, -0.15) is 10.5 Å². The fourth-order valence-electron chi connectivity index (χ4n) is 2.51. The SMILES string of the molecule is N#C/C(=C\c1cccc(Cl)c1)C(=O)NCCCNC(=O)/C(C#N)=C/c1cccc(Cl)c1. The Labute approximate surface area is 190 Å². The molecule has 2 rings (SSSR count). The largest absolute Gasteiger partial charge is 0.351 e. The number of carbonyl (C=O) groups is 2. The van der Waals surface area contributed by atoms with E-state index in [4.69, 9.17) is 23.2 Å². The maximum absolute atomic E-state index is 12.2. The van der Waals surface area contributed by atoms with Crippen molar-refractivity contribution >= 4 is 47.2 Å². The van der Waals surface area contributed by atoms with Crippen molar-refractivity contribution in [1.29, 1.82) is 10.5 Å². The van der Waals surface area contributed by atoms with Crippen LogP contribution >= 0.6 is 23.2 Å². The van der Waals surface area contributed by atoms with E-state index < -0.39 is 11.8 Å². The second-order valence-corrected chi connectivity index (χ2v) is 7.19. The molecule has 0 saturated carbocycles. The van der Waals surface area contributed by atoms with Gasteiger partial charge in [-0.3, -0.25) is 9.59 Å². The second kappa shape index (κ2) is 12.2. The zero-order chi connectivity index (χ0) is 22.6. The lowest BCUT2D eigenvalue weighted by Crippen LogP contribution is -2.30. The third kappa shape index (κ3) is 7.98. The number of nitrogens with zero attached hydrogens (tertiary/aromatic N) is 2. The minimum absolute atomic E-state index is 0.0532. The van der Waals surface area contributed by atoms with E-state index in [9.17, 15) is 20.1 Å². The Balaban J connectivity index is 1.82. The van der Waals surface area contributed by atoms with Crippen LogP contribution in [0.2, 0.25) is 10.0 Å². The number of hydrogen-bond donors (Lipinski definition) is 2. The molecular formula is C23H18Cl2N4O2. The van der Waals surface area contributed by atoms with Crippen molar-refractivity contribution in [3.63, 3.8) is 0 Å². The molecule has 2 aromatic rings. The Kier molecular flexibility index (Phi) is 9.32. The molecule has 2 amide bonds. The summed E-state index contributed by atoms with van der Waals surface area (Å²) < 4.78 is 0. The highest BCUT2D eigenvalue weighted by Gasteiger charge is 2.10. The smallest absolute Gasteiger partial charge is 0.261 e. The average Bonchev–Trinajstić information content (AvgIpc) is 2.75. The lowest BCUT2D eigenvalue weighted by molar-refractivity contribution is -0.117. The van der Waals surface area contributed by atoms with E-state index in [-0.39, 0.29) is 24.2 Å². The normalized spacial score (nSPS) is 11.2. The summed E-state index contributed by atoms with van der Waals surface area (Å²) in [5.74, 6) is -1.04. The highest BCUT2D eigenvalue weighted by Crippen LogP contribution is 2.14. The highest BCUT2D eigenvalue weighted by atomic mass is 35.5. The number of carbonyl (C=O) groups excluding carboxylic acids is 2. The Morgan fingerprint density at radius 2 is 1.23 bits per heavy atom. The monoisotopic (exact) mass is 452 g/mol. The van der Waals surface area contributed by atoms with Crippen molar-refractivity contribution < 1.29 is 9.59 Å². The summed E-state index contributed by atoms with van der Waals surface area (Å²) in [7, 11) is 0. The van der Waals surface area contributed by atoms with Crippen molar-refractivity contribution in [2.75, 3.05) is 13.1 Å². The van der Waals surface area contributed by atoms with Gasteiger partial charge in [-0.1, -0.05) is 47.5 Å². The van der Waals surface area contributed by atoms with Crippen LogP contribution in [0.15, 0.2) is 59.7 Å². The van der Waals surface area contributed by atoms with Gasteiger partial charge >= 0.3 is 0 Å². The molecule has 0 atom stereocenters. The van der Waals surface area contributed by atoms with Gasteiger partial charge in [0.15, 0.2) is 0 Å². The van der Waals surface area contributed by atoms with Gasteiger partial charge < -0.3 is 10.6 Å². The van der Waals surface area contributed by atoms with Crippen molar-refractivity contribution in [3.8, 4) is 12.1 Å². The van der Waals surface area contributed by atoms with Crippen LogP contribution in [0.25, 0.3) is 12.2 Å². The second-order valence-electron chi connectivity index (χ2n) is 6.31. The lowest BCUT2D eigenvalue weighted by atomic mass is 10.1. The number of nitrogens with one attached hydrogen (secondary N) is 2. The van der Waals surface area contributed by atoms with E-state index in [0.717, 1.165) is 0 Å². The molecule has 0 unspecified atom stereocenters. The molecule has 0 bridgehead atoms. The fraction of sp³-hybridized carbons (Fsp3) is 0.130. The zero-order valence-corrected chi connectivity index (χ0v) is 17.9. The van der Waals surface area contributed by atoms with Gasteiger partial charge in [0.05, 0.1) is 0 Å². The molecule has 0 aliphatic carbocycles. The molecule has 0 aliphatic heterocycles. The zero-order valence-electron chi connectivity index (χ0n) is 16.4. The van der Waals surface area contributed by atoms with E-state index in [1.807, 2.05) is 12.1 Å². The molecule has 156 valence electrons. The molecule has 0 saturated heterocycles. The van der Waals surface area contributed by atoms with Crippen LogP contribution in [0.4, 0.5) is 0 Å². The first-order valence-electron chi connectivity index (χ1n) is 9.24. The quantitative estimate of drug-likeness (QED) is 0.356. The number of nitriles is 2. The van der Waals surface area contributed by atoms with Gasteiger partial charge in [-0.25, -0.2) is 0 Å². The highest BCUT2D eigenvalue weighted by molar-refractivity contribution is 6.31. The maximum atomic E-state index is 12.2. The Morgan fingerprint density at radius 1 is 0.806 bits per heavy atom. The Hall–Kier alpha value is -3.58. The number of benzene rings is 2. The first kappa shape index (κ1) is 23.7. The van der Waals surface area contributed by atoms with Crippen LogP contribution in [0.3, 0.4) is 0 Å². The molecule has 0 aromatic heterocycles. The molecule has 8 heteroatoms. The summed E-state index contributed by atoms with van der Waals surface area (Å²) in [6.45, 7) is 0.487. The van der Waals surface area contributed by atoms with Crippen molar-refractivity contribution in [3.05, 3.63) is 80.8 Å². The van der Waals surface area contributed by atoms with E-state index in [1.165, 1.54) is 12.2 Å². The Morgan fingerprint density at radius 3 is 1.58 bits per heavy atom. The van der Waals surface area contributed by atoms with Gasteiger partial charge in [0.2, 0.25) is 0 Å². The number of rotatable bonds is 8. The van der Waals surface area contributed by atoms with E-state index in [1.54, 1.807) is 48.5 Å². The van der Waals surface area contributed by atoms with Crippen molar-refractivity contribution in [1.82, 2.24) is 10.6 Å². The van der Waals surface area contributed by atoms with Crippen molar-refractivity contribution in [2.24, 2.45) is 0 Å². The molecule has 0 fully saturated rings. The van der Waals surface area contributed by atoms with Gasteiger partial charge in [0.25, 0.3) is 11.8 Å². The molecule has 31 heavy (non-hydrogen) atoms. The summed E-state index contributed by atoms with van der Waals surface area (Å²) in [6.07, 6.45) is 3.31. The van der Waals surface area contributed by atoms with Crippen LogP contribution in [0.5, 0.6) is 0 Å². The molecule has 2 N–H and O–H groups in total. The minimum Gasteiger partial charge on any atom is -0.351 e. The molecule has 2 aromatic carbocycles. The molecule has 0 radical (unpaired) electrons. The molecular weight excluding hydrogens is 435 g/mol. The predicted molar refractivity (Wildman–Crippen MR) is 121 cm³/mol. The molecule has 6 nitrogen and oxygen atoms in total. The molecule has 0 spiro atoms. The summed E-state index contributed by atoms with van der Waals surface area (Å²) in [5.41, 5.74) is 1.18. The number of amides is 2. The van der Waals surface area contributed by atoms with Gasteiger partial charge in [-0.15, -0.1) is 0 Å². The standard InChI is InChI=1S/C23H18Cl2N4O2/c24-20-6-1-4-16(12-20)10-18(14-26)22(30)28-8-3-9-29-23(31)19(15-27)11-17-5-2-7-21(25)13-17/h1-2,4-7,10-13H,3,8-9H2,(H,28,30)(H,29,31)/b18-10+,19-11+. The Bertz CT molecular complexity index is 1020. The van der Waals surface area contributed by atoms with E-state index in [2.05, 4.69) is 10.6 Å². The predicted octanol–water partition coefficient (Wildman–Crippen LogP) is 4.13. The summed E-state index contributed by atoms with van der Waals surface area (Å²) in [4.78, 5) is 24.3. The summed E-state index contributed by atoms with van der Waals surface area (Å²) in [5, 5.41) is 24.7. The van der Waals surface area contributed by atoms with Crippen LogP contribution in [-0.2, 0) is 9.59 Å². The maximum Gasteiger partial charge on any atom is 0.261 e. The topological polar surface area (TPSA) is 106 Å². The lowest BCUT2D eigenvalue weighted by Gasteiger charge is -2.06.